The molecule has 112 valence electrons. The molecule has 6 atom stereocenters. The van der Waals surface area contributed by atoms with Crippen LogP contribution < -0.4 is 0 Å². The number of esters is 1. The molecule has 4 nitrogen and oxygen atoms in total. The van der Waals surface area contributed by atoms with Gasteiger partial charge < -0.3 is 9.84 Å². The Morgan fingerprint density at radius 1 is 1.35 bits per heavy atom. The summed E-state index contributed by atoms with van der Waals surface area (Å²) >= 11 is 0. The average molecular weight is 279 g/mol. The summed E-state index contributed by atoms with van der Waals surface area (Å²) in [5.41, 5.74) is 0.0363. The maximum Gasteiger partial charge on any atom is 0.306 e. The molecule has 20 heavy (non-hydrogen) atoms. The van der Waals surface area contributed by atoms with Crippen LogP contribution in [0.2, 0.25) is 0 Å². The van der Waals surface area contributed by atoms with Crippen molar-refractivity contribution in [3.8, 4) is 0 Å². The van der Waals surface area contributed by atoms with Gasteiger partial charge in [0, 0.05) is 17.4 Å². The number of fused-ring (bicyclic) bond motifs is 1. The van der Waals surface area contributed by atoms with E-state index in [1.54, 1.807) is 0 Å². The van der Waals surface area contributed by atoms with Crippen LogP contribution in [0.4, 0.5) is 0 Å². The molecule has 3 aliphatic heterocycles. The number of nitrogens with zero attached hydrogens (tertiary/aromatic N) is 1. The Kier molecular flexibility index (Phi) is 2.90. The first-order chi connectivity index (χ1) is 9.63. The molecule has 3 heterocycles. The molecule has 1 saturated carbocycles. The van der Waals surface area contributed by atoms with Gasteiger partial charge in [-0.2, -0.15) is 0 Å². The van der Waals surface area contributed by atoms with Crippen molar-refractivity contribution in [1.82, 2.24) is 4.90 Å². The van der Waals surface area contributed by atoms with Crippen LogP contribution in [0.25, 0.3) is 0 Å². The number of aliphatic hydroxyl groups excluding tert-OH is 1. The highest BCUT2D eigenvalue weighted by Gasteiger charge is 2.63. The van der Waals surface area contributed by atoms with E-state index in [0.717, 1.165) is 12.8 Å². The van der Waals surface area contributed by atoms with Crippen molar-refractivity contribution in [2.75, 3.05) is 13.1 Å². The summed E-state index contributed by atoms with van der Waals surface area (Å²) in [5.74, 6) is 0.274. The molecule has 0 amide bonds. The molecule has 0 aromatic carbocycles. The number of piperidine rings is 1. The van der Waals surface area contributed by atoms with E-state index in [4.69, 9.17) is 4.74 Å². The maximum atomic E-state index is 11.9. The SMILES string of the molecule is C[C@H]1C[C@@H]2OC(=O)C[C@H]([C@H]1O)[C@]21CCCN2CCC[C@@H]21. The smallest absolute Gasteiger partial charge is 0.306 e. The van der Waals surface area contributed by atoms with E-state index in [-0.39, 0.29) is 35.4 Å². The minimum Gasteiger partial charge on any atom is -0.462 e. The average Bonchev–Trinajstić information content (AvgIpc) is 2.89. The Morgan fingerprint density at radius 2 is 2.15 bits per heavy atom. The minimum atomic E-state index is -0.334. The van der Waals surface area contributed by atoms with Crippen LogP contribution in [0, 0.1) is 17.3 Å². The molecule has 4 heteroatoms. The van der Waals surface area contributed by atoms with Crippen molar-refractivity contribution in [2.45, 2.75) is 63.7 Å². The first kappa shape index (κ1) is 13.1. The topological polar surface area (TPSA) is 49.8 Å². The molecule has 0 aromatic heterocycles. The summed E-state index contributed by atoms with van der Waals surface area (Å²) in [6.07, 6.45) is 5.75. The fourth-order valence-electron chi connectivity index (χ4n) is 5.77. The van der Waals surface area contributed by atoms with Crippen LogP contribution in [-0.4, -0.2) is 47.3 Å². The number of ether oxygens (including phenoxy) is 1. The van der Waals surface area contributed by atoms with Crippen LogP contribution in [-0.2, 0) is 9.53 Å². The number of carbonyl (C=O) groups excluding carboxylic acids is 1. The largest absolute Gasteiger partial charge is 0.462 e. The van der Waals surface area contributed by atoms with Crippen molar-refractivity contribution in [2.24, 2.45) is 17.3 Å². The zero-order valence-corrected chi connectivity index (χ0v) is 12.3. The van der Waals surface area contributed by atoms with Crippen LogP contribution >= 0.6 is 0 Å². The molecule has 0 aromatic rings. The van der Waals surface area contributed by atoms with Gasteiger partial charge in [-0.05, 0) is 51.1 Å². The number of hydrogen-bond donors (Lipinski definition) is 1. The van der Waals surface area contributed by atoms with Gasteiger partial charge in [-0.3, -0.25) is 9.69 Å². The minimum absolute atomic E-state index is 0.0363. The quantitative estimate of drug-likeness (QED) is 0.684. The molecule has 1 spiro atoms. The first-order valence-corrected chi connectivity index (χ1v) is 8.24. The van der Waals surface area contributed by atoms with Gasteiger partial charge in [0.05, 0.1) is 12.5 Å². The molecule has 1 N–H and O–H groups in total. The fraction of sp³-hybridized carbons (Fsp3) is 0.938. The summed E-state index contributed by atoms with van der Waals surface area (Å²) in [4.78, 5) is 14.5. The van der Waals surface area contributed by atoms with Gasteiger partial charge >= 0.3 is 5.97 Å². The molecule has 0 unspecified atom stereocenters. The Labute approximate surface area is 120 Å². The second-order valence-corrected chi connectivity index (χ2v) is 7.40. The Morgan fingerprint density at radius 3 is 3.00 bits per heavy atom. The predicted octanol–water partition coefficient (Wildman–Crippen LogP) is 1.56. The summed E-state index contributed by atoms with van der Waals surface area (Å²) in [6.45, 7) is 4.48. The Balaban J connectivity index is 1.76. The highest BCUT2D eigenvalue weighted by Crippen LogP contribution is 2.58. The number of aliphatic hydroxyl groups is 1. The first-order valence-electron chi connectivity index (χ1n) is 8.24. The Hall–Kier alpha value is -0.610. The van der Waals surface area contributed by atoms with Crippen LogP contribution in [0.1, 0.15) is 45.4 Å². The summed E-state index contributed by atoms with van der Waals surface area (Å²) in [7, 11) is 0. The Bertz CT molecular complexity index is 426. The highest BCUT2D eigenvalue weighted by molar-refractivity contribution is 5.71. The van der Waals surface area contributed by atoms with Crippen LogP contribution in [0.3, 0.4) is 0 Å². The second kappa shape index (κ2) is 4.44. The molecule has 2 bridgehead atoms. The van der Waals surface area contributed by atoms with E-state index >= 15 is 0 Å². The van der Waals surface area contributed by atoms with Crippen molar-refractivity contribution >= 4 is 5.97 Å². The van der Waals surface area contributed by atoms with Gasteiger partial charge in [0.2, 0.25) is 0 Å². The lowest BCUT2D eigenvalue weighted by Gasteiger charge is -2.61. The van der Waals surface area contributed by atoms with E-state index in [1.165, 1.54) is 32.4 Å². The lowest BCUT2D eigenvalue weighted by atomic mass is 9.52. The zero-order chi connectivity index (χ0) is 13.9. The predicted molar refractivity (Wildman–Crippen MR) is 74.0 cm³/mol. The number of hydrogen-bond acceptors (Lipinski definition) is 4. The molecule has 4 aliphatic rings. The van der Waals surface area contributed by atoms with E-state index in [2.05, 4.69) is 11.8 Å². The third-order valence-electron chi connectivity index (χ3n) is 6.57. The molecule has 4 fully saturated rings. The molecular weight excluding hydrogens is 254 g/mol. The second-order valence-electron chi connectivity index (χ2n) is 7.40. The van der Waals surface area contributed by atoms with Gasteiger partial charge in [-0.15, -0.1) is 0 Å². The van der Waals surface area contributed by atoms with Gasteiger partial charge in [0.25, 0.3) is 0 Å². The summed E-state index contributed by atoms with van der Waals surface area (Å²) < 4.78 is 5.80. The standard InChI is InChI=1S/C16H25NO3/c1-10-8-13-16(11(15(10)19)9-14(18)20-13)5-3-7-17-6-2-4-12(16)17/h10-13,15,19H,2-9H2,1H3/t10-,11+,12+,13-,15-,16-/m0/s1. The van der Waals surface area contributed by atoms with Crippen molar-refractivity contribution in [1.29, 1.82) is 0 Å². The lowest BCUT2D eigenvalue weighted by Crippen LogP contribution is -2.67. The van der Waals surface area contributed by atoms with E-state index in [1.807, 2.05) is 0 Å². The molecule has 4 rings (SSSR count). The van der Waals surface area contributed by atoms with Crippen molar-refractivity contribution < 1.29 is 14.6 Å². The van der Waals surface area contributed by atoms with Crippen LogP contribution in [0.15, 0.2) is 0 Å². The maximum absolute atomic E-state index is 11.9. The monoisotopic (exact) mass is 279 g/mol. The third kappa shape index (κ3) is 1.58. The summed E-state index contributed by atoms with van der Waals surface area (Å²) in [6, 6.07) is 0.529. The van der Waals surface area contributed by atoms with E-state index < -0.39 is 0 Å². The van der Waals surface area contributed by atoms with E-state index in [0.29, 0.717) is 12.5 Å². The molecule has 3 saturated heterocycles. The van der Waals surface area contributed by atoms with E-state index in [9.17, 15) is 9.90 Å². The molecule has 0 radical (unpaired) electrons. The zero-order valence-electron chi connectivity index (χ0n) is 12.3. The summed E-state index contributed by atoms with van der Waals surface area (Å²) in [5, 5.41) is 10.7. The normalized spacial score (nSPS) is 51.9. The van der Waals surface area contributed by atoms with Crippen molar-refractivity contribution in [3.63, 3.8) is 0 Å². The number of carbonyl (C=O) groups is 1. The van der Waals surface area contributed by atoms with Gasteiger partial charge in [-0.1, -0.05) is 6.92 Å². The number of rotatable bonds is 0. The highest BCUT2D eigenvalue weighted by atomic mass is 16.5. The lowest BCUT2D eigenvalue weighted by molar-refractivity contribution is -0.228. The van der Waals surface area contributed by atoms with Gasteiger partial charge in [-0.25, -0.2) is 0 Å². The van der Waals surface area contributed by atoms with Gasteiger partial charge in [0.15, 0.2) is 0 Å². The molecular formula is C16H25NO3. The fourth-order valence-corrected chi connectivity index (χ4v) is 5.77. The third-order valence-corrected chi connectivity index (χ3v) is 6.57. The van der Waals surface area contributed by atoms with Gasteiger partial charge in [0.1, 0.15) is 6.10 Å². The molecule has 1 aliphatic carbocycles. The van der Waals surface area contributed by atoms with Crippen LogP contribution in [0.5, 0.6) is 0 Å². The van der Waals surface area contributed by atoms with Crippen molar-refractivity contribution in [3.05, 3.63) is 0 Å².